The second kappa shape index (κ2) is 9.98. The van der Waals surface area contributed by atoms with E-state index in [1.54, 1.807) is 18.2 Å². The largest absolute Gasteiger partial charge is 0.362 e. The zero-order chi connectivity index (χ0) is 23.4. The van der Waals surface area contributed by atoms with Gasteiger partial charge < -0.3 is 10.1 Å². The van der Waals surface area contributed by atoms with E-state index in [0.717, 1.165) is 22.5 Å². The lowest BCUT2D eigenvalue weighted by Crippen LogP contribution is -2.46. The fraction of sp³-hybridized carbons (Fsp3) is 0.192. The minimum atomic E-state index is -0.322. The maximum atomic E-state index is 12.9. The molecule has 0 aromatic heterocycles. The van der Waals surface area contributed by atoms with E-state index in [1.807, 2.05) is 55.5 Å². The van der Waals surface area contributed by atoms with Crippen molar-refractivity contribution in [3.8, 4) is 0 Å². The Balaban J connectivity index is 1.50. The van der Waals surface area contributed by atoms with Gasteiger partial charge in [0.25, 0.3) is 11.8 Å². The number of carbonyl (C=O) groups excluding carboxylic acids is 3. The fourth-order valence-electron chi connectivity index (χ4n) is 3.77. The number of aryl methyl sites for hydroxylation is 1. The van der Waals surface area contributed by atoms with Gasteiger partial charge in [-0.1, -0.05) is 54.1 Å². The van der Waals surface area contributed by atoms with Crippen LogP contribution in [0.1, 0.15) is 27.0 Å². The second-order valence-corrected chi connectivity index (χ2v) is 8.21. The van der Waals surface area contributed by atoms with E-state index in [0.29, 0.717) is 22.6 Å². The van der Waals surface area contributed by atoms with Crippen LogP contribution in [0.15, 0.2) is 66.7 Å². The molecule has 4 rings (SSSR count). The normalized spacial score (nSPS) is 13.8. The predicted molar refractivity (Wildman–Crippen MR) is 127 cm³/mol. The first-order valence-electron chi connectivity index (χ1n) is 10.6. The number of ketones is 1. The van der Waals surface area contributed by atoms with Gasteiger partial charge in [0.15, 0.2) is 5.78 Å². The van der Waals surface area contributed by atoms with Crippen LogP contribution < -0.4 is 5.32 Å². The smallest absolute Gasteiger partial charge is 0.255 e. The molecule has 1 aliphatic rings. The molecule has 0 aliphatic carbocycles. The van der Waals surface area contributed by atoms with E-state index < -0.39 is 0 Å². The summed E-state index contributed by atoms with van der Waals surface area (Å²) < 4.78 is 4.96. The van der Waals surface area contributed by atoms with Gasteiger partial charge in [0.05, 0.1) is 5.02 Å². The Morgan fingerprint density at radius 3 is 2.39 bits per heavy atom. The Morgan fingerprint density at radius 1 is 0.970 bits per heavy atom. The standard InChI is InChI=1S/C26H23ClN2O4/c1-17-6-2-4-8-20(17)26(32)21-11-10-19(14-22(21)27)28-23-9-5-3-7-18(23)12-13-29-24(30)15-33-16-25(29)31/h2-11,14,28H,12-13,15-16H2,1H3. The third-order valence-electron chi connectivity index (χ3n) is 5.56. The molecule has 1 N–H and O–H groups in total. The van der Waals surface area contributed by atoms with Crippen LogP contribution in [-0.4, -0.2) is 42.3 Å². The third kappa shape index (κ3) is 5.13. The van der Waals surface area contributed by atoms with Crippen molar-refractivity contribution in [2.24, 2.45) is 0 Å². The molecule has 3 aromatic carbocycles. The Kier molecular flexibility index (Phi) is 6.87. The summed E-state index contributed by atoms with van der Waals surface area (Å²) in [6.07, 6.45) is 0.498. The highest BCUT2D eigenvalue weighted by Gasteiger charge is 2.26. The summed E-state index contributed by atoms with van der Waals surface area (Å²) in [4.78, 5) is 38.1. The molecule has 0 spiro atoms. The van der Waals surface area contributed by atoms with Crippen molar-refractivity contribution >= 4 is 40.6 Å². The monoisotopic (exact) mass is 462 g/mol. The molecule has 1 aliphatic heterocycles. The number of halogens is 1. The van der Waals surface area contributed by atoms with Crippen molar-refractivity contribution in [3.05, 3.63) is 94.0 Å². The number of hydrogen-bond donors (Lipinski definition) is 1. The number of imide groups is 1. The SMILES string of the molecule is Cc1ccccc1C(=O)c1ccc(Nc2ccccc2CCN2C(=O)COCC2=O)cc1Cl. The molecule has 7 heteroatoms. The number of nitrogens with zero attached hydrogens (tertiary/aromatic N) is 1. The number of morpholine rings is 1. The molecule has 33 heavy (non-hydrogen) atoms. The Hall–Kier alpha value is -3.48. The van der Waals surface area contributed by atoms with E-state index in [4.69, 9.17) is 16.3 Å². The van der Waals surface area contributed by atoms with Crippen LogP contribution in [0, 0.1) is 6.92 Å². The molecule has 1 fully saturated rings. The van der Waals surface area contributed by atoms with E-state index >= 15 is 0 Å². The van der Waals surface area contributed by atoms with Gasteiger partial charge in [0.1, 0.15) is 13.2 Å². The summed E-state index contributed by atoms with van der Waals surface area (Å²) in [7, 11) is 0. The Labute approximate surface area is 197 Å². The third-order valence-corrected chi connectivity index (χ3v) is 5.87. The summed E-state index contributed by atoms with van der Waals surface area (Å²) in [6, 6.07) is 20.3. The van der Waals surface area contributed by atoms with Gasteiger partial charge >= 0.3 is 0 Å². The average molecular weight is 463 g/mol. The lowest BCUT2D eigenvalue weighted by molar-refractivity contribution is -0.158. The molecular weight excluding hydrogens is 440 g/mol. The average Bonchev–Trinajstić information content (AvgIpc) is 2.80. The molecule has 1 saturated heterocycles. The van der Waals surface area contributed by atoms with Crippen LogP contribution in [0.2, 0.25) is 5.02 Å². The summed E-state index contributed by atoms with van der Waals surface area (Å²) in [5.74, 6) is -0.764. The lowest BCUT2D eigenvalue weighted by atomic mass is 9.99. The van der Waals surface area contributed by atoms with Gasteiger partial charge in [-0.2, -0.15) is 0 Å². The zero-order valence-corrected chi connectivity index (χ0v) is 18.9. The van der Waals surface area contributed by atoms with Crippen LogP contribution in [0.4, 0.5) is 11.4 Å². The minimum absolute atomic E-state index is 0.0717. The number of amides is 2. The number of para-hydroxylation sites is 1. The molecule has 168 valence electrons. The Bertz CT molecular complexity index is 1210. The summed E-state index contributed by atoms with van der Waals surface area (Å²) in [5, 5.41) is 3.69. The molecule has 6 nitrogen and oxygen atoms in total. The summed E-state index contributed by atoms with van der Waals surface area (Å²) in [6.45, 7) is 2.03. The summed E-state index contributed by atoms with van der Waals surface area (Å²) in [5.41, 5.74) is 4.46. The van der Waals surface area contributed by atoms with Crippen molar-refractivity contribution in [3.63, 3.8) is 0 Å². The van der Waals surface area contributed by atoms with Crippen molar-refractivity contribution < 1.29 is 19.1 Å². The number of anilines is 2. The van der Waals surface area contributed by atoms with Crippen molar-refractivity contribution in [1.29, 1.82) is 0 Å². The van der Waals surface area contributed by atoms with E-state index in [2.05, 4.69) is 5.32 Å². The van der Waals surface area contributed by atoms with Crippen LogP contribution >= 0.6 is 11.6 Å². The molecule has 2 amide bonds. The highest BCUT2D eigenvalue weighted by Crippen LogP contribution is 2.28. The number of benzene rings is 3. The van der Waals surface area contributed by atoms with Crippen molar-refractivity contribution in [1.82, 2.24) is 4.90 Å². The number of carbonyl (C=O) groups is 3. The highest BCUT2D eigenvalue weighted by atomic mass is 35.5. The van der Waals surface area contributed by atoms with Crippen LogP contribution in [-0.2, 0) is 20.7 Å². The first kappa shape index (κ1) is 22.7. The lowest BCUT2D eigenvalue weighted by Gasteiger charge is -2.25. The molecule has 1 heterocycles. The van der Waals surface area contributed by atoms with Gasteiger partial charge in [-0.05, 0) is 48.7 Å². The summed E-state index contributed by atoms with van der Waals surface area (Å²) >= 11 is 6.47. The van der Waals surface area contributed by atoms with Gasteiger partial charge in [0.2, 0.25) is 0 Å². The van der Waals surface area contributed by atoms with Gasteiger partial charge in [-0.25, -0.2) is 0 Å². The molecular formula is C26H23ClN2O4. The van der Waals surface area contributed by atoms with Gasteiger partial charge in [-0.3, -0.25) is 19.3 Å². The van der Waals surface area contributed by atoms with Crippen molar-refractivity contribution in [2.45, 2.75) is 13.3 Å². The number of ether oxygens (including phenoxy) is 1. The quantitative estimate of drug-likeness (QED) is 0.412. The number of hydrogen-bond acceptors (Lipinski definition) is 5. The Morgan fingerprint density at radius 2 is 1.67 bits per heavy atom. The van der Waals surface area contributed by atoms with Crippen LogP contribution in [0.25, 0.3) is 0 Å². The molecule has 3 aromatic rings. The maximum Gasteiger partial charge on any atom is 0.255 e. The van der Waals surface area contributed by atoms with Crippen LogP contribution in [0.5, 0.6) is 0 Å². The molecule has 0 atom stereocenters. The predicted octanol–water partition coefficient (Wildman–Crippen LogP) is 4.55. The molecule has 0 saturated carbocycles. The van der Waals surface area contributed by atoms with Gasteiger partial charge in [-0.15, -0.1) is 0 Å². The zero-order valence-electron chi connectivity index (χ0n) is 18.1. The van der Waals surface area contributed by atoms with E-state index in [1.165, 1.54) is 4.90 Å². The first-order chi connectivity index (χ1) is 15.9. The van der Waals surface area contributed by atoms with Gasteiger partial charge in [0, 0.05) is 29.0 Å². The van der Waals surface area contributed by atoms with E-state index in [9.17, 15) is 14.4 Å². The van der Waals surface area contributed by atoms with Crippen LogP contribution in [0.3, 0.4) is 0 Å². The van der Waals surface area contributed by atoms with Crippen molar-refractivity contribution in [2.75, 3.05) is 25.1 Å². The maximum absolute atomic E-state index is 12.9. The highest BCUT2D eigenvalue weighted by molar-refractivity contribution is 6.35. The minimum Gasteiger partial charge on any atom is -0.362 e. The molecule has 0 bridgehead atoms. The topological polar surface area (TPSA) is 75.7 Å². The molecule has 0 unspecified atom stereocenters. The molecule has 0 radical (unpaired) electrons. The van der Waals surface area contributed by atoms with E-state index in [-0.39, 0.29) is 37.4 Å². The number of nitrogens with one attached hydrogen (secondary N) is 1. The first-order valence-corrected chi connectivity index (χ1v) is 11.0. The number of rotatable bonds is 7. The second-order valence-electron chi connectivity index (χ2n) is 7.80. The fourth-order valence-corrected chi connectivity index (χ4v) is 4.03.